The van der Waals surface area contributed by atoms with Crippen molar-refractivity contribution in [3.05, 3.63) is 51.8 Å². The van der Waals surface area contributed by atoms with Crippen molar-refractivity contribution >= 4 is 49.6 Å². The Morgan fingerprint density at radius 3 is 2.50 bits per heavy atom. The first kappa shape index (κ1) is 16.6. The standard InChI is InChI=1S/C18H15N5OS2/c1-9-3-5-11(6-4-9)13-8-7-12-14(19)15(26-17(12)20-13)16(24)21-18-23-22-10(2)25-18/h3-8H,19H2,1-2H3,(H,21,23,24). The molecule has 3 N–H and O–H groups in total. The number of fused-ring (bicyclic) bond motifs is 1. The second kappa shape index (κ2) is 6.47. The smallest absolute Gasteiger partial charge is 0.269 e. The Bertz CT molecular complexity index is 1110. The van der Waals surface area contributed by atoms with E-state index in [0.717, 1.165) is 26.5 Å². The number of benzene rings is 1. The second-order valence-corrected chi connectivity index (χ2v) is 8.02. The van der Waals surface area contributed by atoms with Gasteiger partial charge in [-0.25, -0.2) is 4.98 Å². The number of pyridine rings is 1. The molecular weight excluding hydrogens is 366 g/mol. The monoisotopic (exact) mass is 381 g/mol. The van der Waals surface area contributed by atoms with Crippen LogP contribution in [0.2, 0.25) is 0 Å². The van der Waals surface area contributed by atoms with Crippen LogP contribution < -0.4 is 11.1 Å². The highest BCUT2D eigenvalue weighted by molar-refractivity contribution is 7.21. The maximum absolute atomic E-state index is 12.5. The first-order valence-corrected chi connectivity index (χ1v) is 9.52. The van der Waals surface area contributed by atoms with E-state index in [9.17, 15) is 4.79 Å². The Balaban J connectivity index is 1.69. The van der Waals surface area contributed by atoms with Crippen LogP contribution in [0.25, 0.3) is 21.5 Å². The highest BCUT2D eigenvalue weighted by atomic mass is 32.1. The maximum Gasteiger partial charge on any atom is 0.269 e. The van der Waals surface area contributed by atoms with E-state index in [-0.39, 0.29) is 5.91 Å². The predicted molar refractivity (Wildman–Crippen MR) is 107 cm³/mol. The van der Waals surface area contributed by atoms with Gasteiger partial charge in [-0.2, -0.15) is 0 Å². The first-order chi connectivity index (χ1) is 12.5. The molecule has 0 radical (unpaired) electrons. The molecule has 130 valence electrons. The summed E-state index contributed by atoms with van der Waals surface area (Å²) in [6, 6.07) is 12.0. The molecule has 0 unspecified atom stereocenters. The molecule has 0 bridgehead atoms. The summed E-state index contributed by atoms with van der Waals surface area (Å²) in [4.78, 5) is 18.4. The number of nitrogen functional groups attached to an aromatic ring is 1. The molecule has 0 spiro atoms. The Morgan fingerprint density at radius 1 is 1.04 bits per heavy atom. The van der Waals surface area contributed by atoms with Gasteiger partial charge in [-0.05, 0) is 26.0 Å². The Kier molecular flexibility index (Phi) is 4.14. The lowest BCUT2D eigenvalue weighted by Gasteiger charge is -2.01. The Labute approximate surface area is 157 Å². The molecule has 8 heteroatoms. The summed E-state index contributed by atoms with van der Waals surface area (Å²) in [5.41, 5.74) is 9.70. The molecule has 6 nitrogen and oxygen atoms in total. The van der Waals surface area contributed by atoms with Crippen LogP contribution in [0.4, 0.5) is 10.8 Å². The van der Waals surface area contributed by atoms with Crippen LogP contribution in [0.15, 0.2) is 36.4 Å². The summed E-state index contributed by atoms with van der Waals surface area (Å²) in [5.74, 6) is -0.293. The number of amides is 1. The summed E-state index contributed by atoms with van der Waals surface area (Å²) in [6.45, 7) is 3.88. The lowest BCUT2D eigenvalue weighted by atomic mass is 10.1. The zero-order valence-corrected chi connectivity index (χ0v) is 15.7. The van der Waals surface area contributed by atoms with E-state index >= 15 is 0 Å². The summed E-state index contributed by atoms with van der Waals surface area (Å²) in [5, 5.41) is 12.6. The minimum absolute atomic E-state index is 0.293. The Hall–Kier alpha value is -2.84. The third-order valence-corrected chi connectivity index (χ3v) is 5.76. The number of hydrogen-bond donors (Lipinski definition) is 2. The van der Waals surface area contributed by atoms with Crippen LogP contribution in [0.3, 0.4) is 0 Å². The molecular formula is C18H15N5OS2. The molecule has 3 heterocycles. The number of aromatic nitrogens is 3. The molecule has 3 aromatic heterocycles. The third kappa shape index (κ3) is 3.04. The van der Waals surface area contributed by atoms with Crippen molar-refractivity contribution in [3.8, 4) is 11.3 Å². The van der Waals surface area contributed by atoms with Crippen LogP contribution in [0, 0.1) is 13.8 Å². The molecule has 0 aliphatic rings. The lowest BCUT2D eigenvalue weighted by Crippen LogP contribution is -2.11. The minimum atomic E-state index is -0.293. The number of nitrogens with two attached hydrogens (primary N) is 1. The van der Waals surface area contributed by atoms with Crippen molar-refractivity contribution in [2.45, 2.75) is 13.8 Å². The lowest BCUT2D eigenvalue weighted by molar-refractivity contribution is 0.103. The molecule has 4 rings (SSSR count). The summed E-state index contributed by atoms with van der Waals surface area (Å²) in [6.07, 6.45) is 0. The van der Waals surface area contributed by atoms with Gasteiger partial charge in [-0.1, -0.05) is 41.2 Å². The van der Waals surface area contributed by atoms with E-state index in [1.807, 2.05) is 50.2 Å². The number of carbonyl (C=O) groups excluding carboxylic acids is 1. The van der Waals surface area contributed by atoms with Gasteiger partial charge in [0.15, 0.2) is 0 Å². The average Bonchev–Trinajstić information content (AvgIpc) is 3.18. The van der Waals surface area contributed by atoms with Gasteiger partial charge in [-0.3, -0.25) is 10.1 Å². The summed E-state index contributed by atoms with van der Waals surface area (Å²) >= 11 is 2.60. The van der Waals surface area contributed by atoms with Crippen LogP contribution in [0.5, 0.6) is 0 Å². The van der Waals surface area contributed by atoms with E-state index in [0.29, 0.717) is 15.7 Å². The largest absolute Gasteiger partial charge is 0.397 e. The second-order valence-electron chi connectivity index (χ2n) is 5.84. The fraction of sp³-hybridized carbons (Fsp3) is 0.111. The average molecular weight is 381 g/mol. The van der Waals surface area contributed by atoms with Crippen molar-refractivity contribution in [2.75, 3.05) is 11.1 Å². The fourth-order valence-electron chi connectivity index (χ4n) is 2.55. The molecule has 1 amide bonds. The number of nitrogens with zero attached hydrogens (tertiary/aromatic N) is 3. The van der Waals surface area contributed by atoms with E-state index < -0.39 is 0 Å². The van der Waals surface area contributed by atoms with Gasteiger partial charge in [0.1, 0.15) is 14.7 Å². The van der Waals surface area contributed by atoms with Gasteiger partial charge in [-0.15, -0.1) is 21.5 Å². The number of anilines is 2. The van der Waals surface area contributed by atoms with E-state index in [4.69, 9.17) is 5.73 Å². The van der Waals surface area contributed by atoms with Crippen molar-refractivity contribution < 1.29 is 4.79 Å². The minimum Gasteiger partial charge on any atom is -0.397 e. The predicted octanol–water partition coefficient (Wildman–Crippen LogP) is 4.27. The normalized spacial score (nSPS) is 11.0. The van der Waals surface area contributed by atoms with E-state index in [1.54, 1.807) is 0 Å². The zero-order valence-electron chi connectivity index (χ0n) is 14.1. The molecule has 0 saturated heterocycles. The summed E-state index contributed by atoms with van der Waals surface area (Å²) < 4.78 is 0. The molecule has 1 aromatic carbocycles. The molecule has 26 heavy (non-hydrogen) atoms. The molecule has 0 saturated carbocycles. The van der Waals surface area contributed by atoms with E-state index in [2.05, 4.69) is 20.5 Å². The van der Waals surface area contributed by atoms with Gasteiger partial charge in [0, 0.05) is 10.9 Å². The summed E-state index contributed by atoms with van der Waals surface area (Å²) in [7, 11) is 0. The van der Waals surface area contributed by atoms with Crippen LogP contribution >= 0.6 is 22.7 Å². The highest BCUT2D eigenvalue weighted by Gasteiger charge is 2.19. The topological polar surface area (TPSA) is 93.8 Å². The third-order valence-electron chi connectivity index (χ3n) is 3.89. The van der Waals surface area contributed by atoms with Gasteiger partial charge >= 0.3 is 0 Å². The number of nitrogens with one attached hydrogen (secondary N) is 1. The Morgan fingerprint density at radius 2 is 1.81 bits per heavy atom. The van der Waals surface area contributed by atoms with Crippen molar-refractivity contribution in [3.63, 3.8) is 0 Å². The number of carbonyl (C=O) groups is 1. The zero-order chi connectivity index (χ0) is 18.3. The van der Waals surface area contributed by atoms with Crippen LogP contribution in [-0.2, 0) is 0 Å². The quantitative estimate of drug-likeness (QED) is 0.553. The van der Waals surface area contributed by atoms with Crippen LogP contribution in [0.1, 0.15) is 20.2 Å². The number of hydrogen-bond acceptors (Lipinski definition) is 7. The molecule has 0 fully saturated rings. The molecule has 0 aliphatic heterocycles. The number of thiophene rings is 1. The molecule has 4 aromatic rings. The first-order valence-electron chi connectivity index (χ1n) is 7.89. The van der Waals surface area contributed by atoms with Gasteiger partial charge in [0.25, 0.3) is 5.91 Å². The van der Waals surface area contributed by atoms with Crippen molar-refractivity contribution in [1.82, 2.24) is 15.2 Å². The number of aryl methyl sites for hydroxylation is 2. The number of rotatable bonds is 3. The molecule has 0 aliphatic carbocycles. The van der Waals surface area contributed by atoms with Gasteiger partial charge < -0.3 is 5.73 Å². The highest BCUT2D eigenvalue weighted by Crippen LogP contribution is 2.34. The van der Waals surface area contributed by atoms with Crippen molar-refractivity contribution in [1.29, 1.82) is 0 Å². The van der Waals surface area contributed by atoms with Crippen molar-refractivity contribution in [2.24, 2.45) is 0 Å². The van der Waals surface area contributed by atoms with Gasteiger partial charge in [0.05, 0.1) is 11.4 Å². The van der Waals surface area contributed by atoms with E-state index in [1.165, 1.54) is 28.2 Å². The van der Waals surface area contributed by atoms with Gasteiger partial charge in [0.2, 0.25) is 5.13 Å². The fourth-order valence-corrected chi connectivity index (χ4v) is 4.13. The molecule has 0 atom stereocenters. The van der Waals surface area contributed by atoms with Crippen LogP contribution in [-0.4, -0.2) is 21.1 Å². The SMILES string of the molecule is Cc1ccc(-c2ccc3c(N)c(C(=O)Nc4nnc(C)s4)sc3n2)cc1. The maximum atomic E-state index is 12.5.